The highest BCUT2D eigenvalue weighted by molar-refractivity contribution is 9.13. The molecule has 0 amide bonds. The van der Waals surface area contributed by atoms with Gasteiger partial charge in [-0.3, -0.25) is 0 Å². The lowest BCUT2D eigenvalue weighted by molar-refractivity contribution is 0.223. The number of rotatable bonds is 3. The Labute approximate surface area is 113 Å². The average Bonchev–Trinajstić information content (AvgIpc) is 2.56. The first-order valence-electron chi connectivity index (χ1n) is 5.51. The third-order valence-electron chi connectivity index (χ3n) is 2.89. The van der Waals surface area contributed by atoms with Crippen LogP contribution in [0.25, 0.3) is 0 Å². The number of likely N-dealkylation sites (tertiary alicyclic amines) is 1. The SMILES string of the molecule is CN1CCCC(NCc2cc(Br)c(Br)o2)C1. The summed E-state index contributed by atoms with van der Waals surface area (Å²) in [6.45, 7) is 3.14. The van der Waals surface area contributed by atoms with Crippen LogP contribution in [0.2, 0.25) is 0 Å². The number of hydrogen-bond donors (Lipinski definition) is 1. The molecule has 90 valence electrons. The number of piperidine rings is 1. The quantitative estimate of drug-likeness (QED) is 0.907. The average molecular weight is 352 g/mol. The maximum absolute atomic E-state index is 5.53. The Morgan fingerprint density at radius 2 is 2.38 bits per heavy atom. The molecule has 2 heterocycles. The van der Waals surface area contributed by atoms with Crippen molar-refractivity contribution >= 4 is 31.9 Å². The highest BCUT2D eigenvalue weighted by atomic mass is 79.9. The van der Waals surface area contributed by atoms with Gasteiger partial charge >= 0.3 is 0 Å². The molecule has 0 radical (unpaired) electrons. The predicted octanol–water partition coefficient (Wildman–Crippen LogP) is 2.99. The fourth-order valence-corrected chi connectivity index (χ4v) is 2.72. The zero-order valence-corrected chi connectivity index (χ0v) is 12.5. The van der Waals surface area contributed by atoms with E-state index in [2.05, 4.69) is 49.1 Å². The molecular weight excluding hydrogens is 336 g/mol. The molecule has 0 aliphatic carbocycles. The molecule has 1 aromatic rings. The number of nitrogens with one attached hydrogen (secondary N) is 1. The van der Waals surface area contributed by atoms with E-state index in [-0.39, 0.29) is 0 Å². The molecule has 1 aliphatic heterocycles. The van der Waals surface area contributed by atoms with Crippen LogP contribution < -0.4 is 5.32 Å². The standard InChI is InChI=1S/C11H16Br2N2O/c1-15-4-2-3-8(7-15)14-6-9-5-10(12)11(13)16-9/h5,8,14H,2-4,6-7H2,1H3. The molecule has 0 spiro atoms. The molecule has 0 bridgehead atoms. The normalized spacial score (nSPS) is 22.6. The predicted molar refractivity (Wildman–Crippen MR) is 71.5 cm³/mol. The lowest BCUT2D eigenvalue weighted by Gasteiger charge is -2.30. The van der Waals surface area contributed by atoms with E-state index in [4.69, 9.17) is 4.42 Å². The second-order valence-corrected chi connectivity index (χ2v) is 5.89. The van der Waals surface area contributed by atoms with Gasteiger partial charge in [-0.25, -0.2) is 0 Å². The van der Waals surface area contributed by atoms with Crippen molar-refractivity contribution in [3.05, 3.63) is 21.0 Å². The van der Waals surface area contributed by atoms with Crippen LogP contribution in [-0.4, -0.2) is 31.1 Å². The molecular formula is C11H16Br2N2O. The number of halogens is 2. The Bertz CT molecular complexity index is 334. The van der Waals surface area contributed by atoms with Gasteiger partial charge in [0.15, 0.2) is 4.67 Å². The van der Waals surface area contributed by atoms with Crippen molar-refractivity contribution in [3.8, 4) is 0 Å². The lowest BCUT2D eigenvalue weighted by Crippen LogP contribution is -2.43. The Morgan fingerprint density at radius 3 is 3.00 bits per heavy atom. The molecule has 1 fully saturated rings. The van der Waals surface area contributed by atoms with Crippen molar-refractivity contribution in [3.63, 3.8) is 0 Å². The van der Waals surface area contributed by atoms with Crippen LogP contribution in [0.4, 0.5) is 0 Å². The molecule has 1 atom stereocenters. The van der Waals surface area contributed by atoms with Gasteiger partial charge in [-0.05, 0) is 64.4 Å². The summed E-state index contributed by atoms with van der Waals surface area (Å²) in [5, 5.41) is 3.53. The molecule has 1 aromatic heterocycles. The Balaban J connectivity index is 1.82. The molecule has 1 aliphatic rings. The second kappa shape index (κ2) is 5.67. The van der Waals surface area contributed by atoms with Crippen LogP contribution in [0.3, 0.4) is 0 Å². The van der Waals surface area contributed by atoms with Gasteiger partial charge in [-0.1, -0.05) is 0 Å². The fourth-order valence-electron chi connectivity index (χ4n) is 2.06. The van der Waals surface area contributed by atoms with Gasteiger partial charge in [-0.2, -0.15) is 0 Å². The Kier molecular flexibility index (Phi) is 4.47. The van der Waals surface area contributed by atoms with Crippen LogP contribution in [0.5, 0.6) is 0 Å². The van der Waals surface area contributed by atoms with Crippen molar-refractivity contribution in [2.24, 2.45) is 0 Å². The first-order valence-corrected chi connectivity index (χ1v) is 7.09. The smallest absolute Gasteiger partial charge is 0.183 e. The van der Waals surface area contributed by atoms with E-state index in [0.717, 1.165) is 28.0 Å². The first kappa shape index (κ1) is 12.6. The summed E-state index contributed by atoms with van der Waals surface area (Å²) in [6.07, 6.45) is 2.53. The molecule has 3 nitrogen and oxygen atoms in total. The van der Waals surface area contributed by atoms with Gasteiger partial charge < -0.3 is 14.6 Å². The Hall–Kier alpha value is 0.160. The summed E-state index contributed by atoms with van der Waals surface area (Å²) < 4.78 is 7.27. The van der Waals surface area contributed by atoms with E-state index in [0.29, 0.717) is 6.04 Å². The van der Waals surface area contributed by atoms with Crippen molar-refractivity contribution in [1.82, 2.24) is 10.2 Å². The minimum absolute atomic E-state index is 0.585. The van der Waals surface area contributed by atoms with Crippen molar-refractivity contribution in [2.45, 2.75) is 25.4 Å². The van der Waals surface area contributed by atoms with Crippen molar-refractivity contribution < 1.29 is 4.42 Å². The molecule has 0 saturated carbocycles. The molecule has 16 heavy (non-hydrogen) atoms. The van der Waals surface area contributed by atoms with Crippen LogP contribution in [0.1, 0.15) is 18.6 Å². The fraction of sp³-hybridized carbons (Fsp3) is 0.636. The molecule has 1 unspecified atom stereocenters. The molecule has 5 heteroatoms. The molecule has 0 aromatic carbocycles. The topological polar surface area (TPSA) is 28.4 Å². The van der Waals surface area contributed by atoms with Crippen LogP contribution in [0, 0.1) is 0 Å². The van der Waals surface area contributed by atoms with E-state index in [1.54, 1.807) is 0 Å². The van der Waals surface area contributed by atoms with Gasteiger partial charge in [0.1, 0.15) is 5.76 Å². The third kappa shape index (κ3) is 3.32. The number of furan rings is 1. The van der Waals surface area contributed by atoms with Gasteiger partial charge in [0.05, 0.1) is 11.0 Å². The molecule has 1 N–H and O–H groups in total. The zero-order valence-electron chi connectivity index (χ0n) is 9.30. The largest absolute Gasteiger partial charge is 0.452 e. The van der Waals surface area contributed by atoms with Gasteiger partial charge in [0.25, 0.3) is 0 Å². The van der Waals surface area contributed by atoms with Gasteiger partial charge in [0, 0.05) is 12.6 Å². The summed E-state index contributed by atoms with van der Waals surface area (Å²) in [4.78, 5) is 2.37. The van der Waals surface area contributed by atoms with Crippen molar-refractivity contribution in [1.29, 1.82) is 0 Å². The van der Waals surface area contributed by atoms with Crippen LogP contribution in [-0.2, 0) is 6.54 Å². The van der Waals surface area contributed by atoms with Gasteiger partial charge in [-0.15, -0.1) is 0 Å². The van der Waals surface area contributed by atoms with E-state index >= 15 is 0 Å². The van der Waals surface area contributed by atoms with Crippen molar-refractivity contribution in [2.75, 3.05) is 20.1 Å². The molecule has 1 saturated heterocycles. The maximum Gasteiger partial charge on any atom is 0.183 e. The monoisotopic (exact) mass is 350 g/mol. The summed E-state index contributed by atoms with van der Waals surface area (Å²) in [5.41, 5.74) is 0. The zero-order chi connectivity index (χ0) is 11.5. The highest BCUT2D eigenvalue weighted by Gasteiger charge is 2.17. The minimum Gasteiger partial charge on any atom is -0.452 e. The van der Waals surface area contributed by atoms with E-state index in [1.807, 2.05) is 6.07 Å². The molecule has 2 rings (SSSR count). The Morgan fingerprint density at radius 1 is 1.56 bits per heavy atom. The summed E-state index contributed by atoms with van der Waals surface area (Å²) >= 11 is 6.76. The summed E-state index contributed by atoms with van der Waals surface area (Å²) in [7, 11) is 2.17. The van der Waals surface area contributed by atoms with E-state index in [9.17, 15) is 0 Å². The van der Waals surface area contributed by atoms with E-state index < -0.39 is 0 Å². The van der Waals surface area contributed by atoms with Gasteiger partial charge in [0.2, 0.25) is 0 Å². The van der Waals surface area contributed by atoms with Crippen LogP contribution >= 0.6 is 31.9 Å². The second-order valence-electron chi connectivity index (χ2n) is 4.32. The summed E-state index contributed by atoms with van der Waals surface area (Å²) in [6, 6.07) is 2.59. The minimum atomic E-state index is 0.585. The number of hydrogen-bond acceptors (Lipinski definition) is 3. The number of likely N-dealkylation sites (N-methyl/N-ethyl adjacent to an activating group) is 1. The lowest BCUT2D eigenvalue weighted by atomic mass is 10.1. The first-order chi connectivity index (χ1) is 7.65. The number of nitrogens with zero attached hydrogens (tertiary/aromatic N) is 1. The highest BCUT2D eigenvalue weighted by Crippen LogP contribution is 2.26. The third-order valence-corrected chi connectivity index (χ3v) is 4.60. The maximum atomic E-state index is 5.53. The summed E-state index contributed by atoms with van der Waals surface area (Å²) in [5.74, 6) is 0.965. The van der Waals surface area contributed by atoms with E-state index in [1.165, 1.54) is 19.4 Å². The van der Waals surface area contributed by atoms with Crippen LogP contribution in [0.15, 0.2) is 19.6 Å².